The van der Waals surface area contributed by atoms with Crippen molar-refractivity contribution in [1.29, 1.82) is 5.26 Å². The van der Waals surface area contributed by atoms with Gasteiger partial charge in [-0.15, -0.1) is 0 Å². The van der Waals surface area contributed by atoms with Gasteiger partial charge in [0.1, 0.15) is 17.5 Å². The number of ether oxygens (including phenoxy) is 1. The zero-order chi connectivity index (χ0) is 25.7. The number of carbonyl (C=O) groups is 3. The smallest absolute Gasteiger partial charge is 0.414 e. The highest BCUT2D eigenvalue weighted by atomic mass is 19.1. The summed E-state index contributed by atoms with van der Waals surface area (Å²) in [5.41, 5.74) is 5.50. The van der Waals surface area contributed by atoms with Crippen LogP contribution >= 0.6 is 0 Å². The number of anilines is 2. The van der Waals surface area contributed by atoms with Crippen molar-refractivity contribution < 1.29 is 23.5 Å². The Labute approximate surface area is 207 Å². The van der Waals surface area contributed by atoms with E-state index in [2.05, 4.69) is 27.2 Å². The Balaban J connectivity index is 1.35. The van der Waals surface area contributed by atoms with Crippen molar-refractivity contribution in [1.82, 2.24) is 21.2 Å². The van der Waals surface area contributed by atoms with E-state index in [1.165, 1.54) is 24.1 Å². The van der Waals surface area contributed by atoms with Crippen molar-refractivity contribution >= 4 is 29.3 Å². The molecule has 0 bridgehead atoms. The predicted molar refractivity (Wildman–Crippen MR) is 127 cm³/mol. The topological polar surface area (TPSA) is 140 Å². The number of hydrogen-bond acceptors (Lipinski definition) is 8. The molecule has 3 heterocycles. The third-order valence-electron chi connectivity index (χ3n) is 6.21. The maximum Gasteiger partial charge on any atom is 0.414 e. The van der Waals surface area contributed by atoms with Crippen LogP contribution in [-0.2, 0) is 9.53 Å². The van der Waals surface area contributed by atoms with Crippen LogP contribution in [0.3, 0.4) is 0 Å². The number of nitrogens with zero attached hydrogens (tertiary/aromatic N) is 4. The molecule has 11 nitrogen and oxygen atoms in total. The van der Waals surface area contributed by atoms with Crippen LogP contribution in [0, 0.1) is 17.1 Å². The zero-order valence-electron chi connectivity index (χ0n) is 19.7. The average molecular weight is 496 g/mol. The summed E-state index contributed by atoms with van der Waals surface area (Å²) in [6.45, 7) is 2.51. The molecule has 4 rings (SSSR count). The number of carbonyl (C=O) groups excluding carboxylic acids is 3. The van der Waals surface area contributed by atoms with E-state index in [-0.39, 0.29) is 19.0 Å². The van der Waals surface area contributed by atoms with Gasteiger partial charge in [-0.2, -0.15) is 5.26 Å². The molecule has 36 heavy (non-hydrogen) atoms. The van der Waals surface area contributed by atoms with Crippen LogP contribution < -0.4 is 26.0 Å². The summed E-state index contributed by atoms with van der Waals surface area (Å²) in [5, 5.41) is 12.4. The van der Waals surface area contributed by atoms with Crippen molar-refractivity contribution in [3.63, 3.8) is 0 Å². The number of piperidine rings is 1. The number of hydrogen-bond donors (Lipinski definition) is 3. The van der Waals surface area contributed by atoms with E-state index in [1.54, 1.807) is 30.5 Å². The van der Waals surface area contributed by atoms with Gasteiger partial charge in [0, 0.05) is 32.4 Å². The fraction of sp³-hybridized carbons (Fsp3) is 0.375. The van der Waals surface area contributed by atoms with Crippen molar-refractivity contribution in [3.8, 4) is 6.07 Å². The highest BCUT2D eigenvalue weighted by Crippen LogP contribution is 2.31. The zero-order valence-corrected chi connectivity index (χ0v) is 19.7. The molecule has 3 amide bonds. The van der Waals surface area contributed by atoms with Gasteiger partial charge in [0.05, 0.1) is 36.1 Å². The molecule has 2 aromatic rings. The number of benzene rings is 1. The Kier molecular flexibility index (Phi) is 7.30. The Morgan fingerprint density at radius 1 is 1.31 bits per heavy atom. The third-order valence-corrected chi connectivity index (χ3v) is 6.21. The summed E-state index contributed by atoms with van der Waals surface area (Å²) in [6.07, 6.45) is 2.56. The maximum absolute atomic E-state index is 15.1. The third kappa shape index (κ3) is 5.52. The largest absolute Gasteiger partial charge is 0.442 e. The quantitative estimate of drug-likeness (QED) is 0.491. The molecule has 0 unspecified atom stereocenters. The van der Waals surface area contributed by atoms with Gasteiger partial charge in [-0.1, -0.05) is 0 Å². The molecule has 1 atom stereocenters. The van der Waals surface area contributed by atoms with E-state index in [1.807, 2.05) is 4.90 Å². The Morgan fingerprint density at radius 3 is 2.72 bits per heavy atom. The molecule has 188 valence electrons. The molecule has 1 aromatic heterocycles. The maximum atomic E-state index is 15.1. The van der Waals surface area contributed by atoms with Gasteiger partial charge in [0.25, 0.3) is 5.91 Å². The van der Waals surface area contributed by atoms with Crippen LogP contribution in [0.5, 0.6) is 0 Å². The average Bonchev–Trinajstić information content (AvgIpc) is 3.27. The molecule has 2 aliphatic rings. The first-order chi connectivity index (χ1) is 17.3. The molecule has 12 heteroatoms. The Morgan fingerprint density at radius 2 is 2.08 bits per heavy atom. The number of nitriles is 1. The number of hydrazine groups is 1. The van der Waals surface area contributed by atoms with E-state index >= 15 is 4.39 Å². The van der Waals surface area contributed by atoms with Crippen LogP contribution in [0.1, 0.15) is 30.1 Å². The number of nitrogens with one attached hydrogen (secondary N) is 3. The summed E-state index contributed by atoms with van der Waals surface area (Å²) in [5.74, 6) is -1.14. The molecular formula is C24H26FN7O4. The lowest BCUT2D eigenvalue weighted by atomic mass is 9.89. The second kappa shape index (κ2) is 10.6. The van der Waals surface area contributed by atoms with Crippen LogP contribution in [0.2, 0.25) is 0 Å². The number of amides is 3. The highest BCUT2D eigenvalue weighted by Gasteiger charge is 2.37. The summed E-state index contributed by atoms with van der Waals surface area (Å²) < 4.78 is 20.3. The molecule has 1 aromatic carbocycles. The summed E-state index contributed by atoms with van der Waals surface area (Å²) >= 11 is 0. The molecule has 2 aliphatic heterocycles. The molecule has 2 saturated heterocycles. The normalized spacial score (nSPS) is 18.8. The van der Waals surface area contributed by atoms with E-state index in [9.17, 15) is 19.6 Å². The minimum absolute atomic E-state index is 0.184. The van der Waals surface area contributed by atoms with Crippen molar-refractivity contribution in [2.75, 3.05) is 36.0 Å². The monoisotopic (exact) mass is 495 g/mol. The van der Waals surface area contributed by atoms with Gasteiger partial charge in [-0.25, -0.2) is 14.6 Å². The van der Waals surface area contributed by atoms with Gasteiger partial charge in [0.15, 0.2) is 0 Å². The van der Waals surface area contributed by atoms with Crippen molar-refractivity contribution in [2.45, 2.75) is 31.4 Å². The number of aromatic nitrogens is 1. The molecule has 0 saturated carbocycles. The van der Waals surface area contributed by atoms with Crippen molar-refractivity contribution in [3.05, 3.63) is 54.1 Å². The molecule has 3 N–H and O–H groups in total. The molecule has 2 fully saturated rings. The first kappa shape index (κ1) is 24.9. The lowest BCUT2D eigenvalue weighted by Crippen LogP contribution is -2.58. The molecular weight excluding hydrogens is 469 g/mol. The van der Waals surface area contributed by atoms with E-state index < -0.39 is 29.5 Å². The second-order valence-electron chi connectivity index (χ2n) is 8.69. The first-order valence-corrected chi connectivity index (χ1v) is 11.5. The summed E-state index contributed by atoms with van der Waals surface area (Å²) in [6, 6.07) is 10.00. The number of cyclic esters (lactones) is 1. The summed E-state index contributed by atoms with van der Waals surface area (Å²) in [4.78, 5) is 42.6. The lowest BCUT2D eigenvalue weighted by molar-refractivity contribution is -0.119. The Bertz CT molecular complexity index is 1180. The predicted octanol–water partition coefficient (Wildman–Crippen LogP) is 1.48. The van der Waals surface area contributed by atoms with Crippen molar-refractivity contribution in [2.24, 2.45) is 0 Å². The first-order valence-electron chi connectivity index (χ1n) is 11.5. The standard InChI is InChI=1S/C24H26FN7O4/c1-16(33)28-13-19-14-32(23(35)36-19)18-4-5-21(20(25)11-18)31-9-6-24(15-26,7-10-31)30-29-22(34)17-3-2-8-27-12-17/h2-5,8,11-12,19,30H,6-7,9-10,13-14H2,1H3,(H,28,33)(H,29,34)/t19-/m0/s1. The van der Waals surface area contributed by atoms with E-state index in [4.69, 9.17) is 4.74 Å². The van der Waals surface area contributed by atoms with Gasteiger partial charge in [-0.3, -0.25) is 24.9 Å². The minimum atomic E-state index is -0.993. The van der Waals surface area contributed by atoms with E-state index in [0.717, 1.165) is 0 Å². The number of halogens is 1. The molecule has 0 spiro atoms. The SMILES string of the molecule is CC(=O)NC[C@H]1CN(c2ccc(N3CCC(C#N)(NNC(=O)c4cccnc4)CC3)c(F)c2)C(=O)O1. The van der Waals surface area contributed by atoms with Gasteiger partial charge < -0.3 is 15.0 Å². The van der Waals surface area contributed by atoms with Crippen LogP contribution in [-0.4, -0.2) is 60.7 Å². The van der Waals surface area contributed by atoms with Gasteiger partial charge >= 0.3 is 6.09 Å². The van der Waals surface area contributed by atoms with Crippen LogP contribution in [0.15, 0.2) is 42.7 Å². The van der Waals surface area contributed by atoms with Gasteiger partial charge in [-0.05, 0) is 43.2 Å². The highest BCUT2D eigenvalue weighted by molar-refractivity contribution is 5.93. The number of pyridine rings is 1. The fourth-order valence-corrected chi connectivity index (χ4v) is 4.16. The van der Waals surface area contributed by atoms with Crippen LogP contribution in [0.25, 0.3) is 0 Å². The molecule has 0 radical (unpaired) electrons. The summed E-state index contributed by atoms with van der Waals surface area (Å²) in [7, 11) is 0. The second-order valence-corrected chi connectivity index (χ2v) is 8.69. The molecule has 0 aliphatic carbocycles. The van der Waals surface area contributed by atoms with Gasteiger partial charge in [0.2, 0.25) is 5.91 Å². The minimum Gasteiger partial charge on any atom is -0.442 e. The number of rotatable bonds is 7. The van der Waals surface area contributed by atoms with Crippen LogP contribution in [0.4, 0.5) is 20.6 Å². The Hall–Kier alpha value is -4.24. The lowest BCUT2D eigenvalue weighted by Gasteiger charge is -2.39. The van der Waals surface area contributed by atoms with E-state index in [0.29, 0.717) is 42.9 Å². The fourth-order valence-electron chi connectivity index (χ4n) is 4.16.